The van der Waals surface area contributed by atoms with Crippen LogP contribution >= 0.6 is 0 Å². The summed E-state index contributed by atoms with van der Waals surface area (Å²) in [6.45, 7) is 9.92. The molecule has 5 rings (SSSR count). The predicted octanol–water partition coefficient (Wildman–Crippen LogP) is 6.77. The lowest BCUT2D eigenvalue weighted by atomic mass is 10.1. The summed E-state index contributed by atoms with van der Waals surface area (Å²) in [5.74, 6) is -3.61. The number of rotatable bonds is 13. The fourth-order valence-corrected chi connectivity index (χ4v) is 5.32. The molecule has 0 unspecified atom stereocenters. The third-order valence-corrected chi connectivity index (χ3v) is 7.72. The Morgan fingerprint density at radius 1 is 1.09 bits per heavy atom. The van der Waals surface area contributed by atoms with Crippen LogP contribution in [0, 0.1) is 6.57 Å². The van der Waals surface area contributed by atoms with Crippen LogP contribution < -0.4 is 15.0 Å². The van der Waals surface area contributed by atoms with Crippen molar-refractivity contribution in [1.82, 2.24) is 14.9 Å². The van der Waals surface area contributed by atoms with Crippen molar-refractivity contribution in [1.29, 1.82) is 0 Å². The molecule has 3 heterocycles. The standard InChI is InChI=1S/C32H32F4N6O2/c1-37-25-8-9-28-27(17-25)23(18-38-28)5-2-3-10-41-11-13-42(14-12-41)30-29(40-21-43)16-24(19-39-30)22-6-4-7-26(15-22)44-20-32(35,36)31(33)34/h4,6-9,15-19,21,31,38H,2-3,5,10-14,20H2,(H,40,43). The molecule has 1 fully saturated rings. The van der Waals surface area contributed by atoms with Gasteiger partial charge in [-0.1, -0.05) is 18.2 Å². The first-order valence-electron chi connectivity index (χ1n) is 14.3. The predicted molar refractivity (Wildman–Crippen MR) is 162 cm³/mol. The van der Waals surface area contributed by atoms with Crippen LogP contribution in [0.2, 0.25) is 0 Å². The average Bonchev–Trinajstić information content (AvgIpc) is 3.44. The van der Waals surface area contributed by atoms with Crippen LogP contribution in [0.1, 0.15) is 18.4 Å². The second kappa shape index (κ2) is 13.8. The number of amides is 1. The number of nitrogens with zero attached hydrogens (tertiary/aromatic N) is 4. The van der Waals surface area contributed by atoms with E-state index in [0.717, 1.165) is 62.9 Å². The number of fused-ring (bicyclic) bond motifs is 1. The maximum atomic E-state index is 13.3. The largest absolute Gasteiger partial charge is 0.487 e. The van der Waals surface area contributed by atoms with Crippen LogP contribution in [0.5, 0.6) is 5.75 Å². The van der Waals surface area contributed by atoms with E-state index in [-0.39, 0.29) is 5.75 Å². The van der Waals surface area contributed by atoms with Gasteiger partial charge >= 0.3 is 12.3 Å². The van der Waals surface area contributed by atoms with Gasteiger partial charge in [0.25, 0.3) is 0 Å². The van der Waals surface area contributed by atoms with Gasteiger partial charge in [-0.3, -0.25) is 9.69 Å². The summed E-state index contributed by atoms with van der Waals surface area (Å²) in [6.07, 6.45) is 3.42. The number of aromatic amines is 1. The fraction of sp³-hybridized carbons (Fsp3) is 0.344. The number of unbranched alkanes of at least 4 members (excludes halogenated alkanes) is 1. The Morgan fingerprint density at radius 3 is 2.66 bits per heavy atom. The molecule has 0 spiro atoms. The minimum absolute atomic E-state index is 0.0172. The van der Waals surface area contributed by atoms with Gasteiger partial charge in [-0.2, -0.15) is 8.78 Å². The van der Waals surface area contributed by atoms with Gasteiger partial charge in [0.05, 0.1) is 12.3 Å². The molecule has 4 aromatic rings. The molecule has 12 heteroatoms. The summed E-state index contributed by atoms with van der Waals surface area (Å²) < 4.78 is 56.5. The molecule has 1 saturated heterocycles. The van der Waals surface area contributed by atoms with Gasteiger partial charge in [-0.15, -0.1) is 0 Å². The number of carbonyl (C=O) groups excluding carboxylic acids is 1. The lowest BCUT2D eigenvalue weighted by Crippen LogP contribution is -2.47. The number of benzene rings is 2. The van der Waals surface area contributed by atoms with E-state index < -0.39 is 19.0 Å². The normalized spacial score (nSPS) is 14.1. The van der Waals surface area contributed by atoms with Gasteiger partial charge in [0.1, 0.15) is 5.75 Å². The van der Waals surface area contributed by atoms with Crippen LogP contribution in [-0.2, 0) is 11.2 Å². The summed E-state index contributed by atoms with van der Waals surface area (Å²) in [6, 6.07) is 13.6. The van der Waals surface area contributed by atoms with E-state index in [0.29, 0.717) is 34.7 Å². The maximum Gasteiger partial charge on any atom is 0.340 e. The molecule has 0 atom stereocenters. The first-order chi connectivity index (χ1) is 21.3. The highest BCUT2D eigenvalue weighted by Crippen LogP contribution is 2.32. The number of anilines is 2. The monoisotopic (exact) mass is 608 g/mol. The van der Waals surface area contributed by atoms with E-state index in [4.69, 9.17) is 11.3 Å². The third-order valence-electron chi connectivity index (χ3n) is 7.72. The second-order valence-corrected chi connectivity index (χ2v) is 10.7. The molecule has 2 N–H and O–H groups in total. The number of aromatic nitrogens is 2. The number of H-pyrrole nitrogens is 1. The maximum absolute atomic E-state index is 13.3. The van der Waals surface area contributed by atoms with Gasteiger partial charge in [-0.25, -0.2) is 18.6 Å². The summed E-state index contributed by atoms with van der Waals surface area (Å²) >= 11 is 0. The van der Waals surface area contributed by atoms with E-state index in [2.05, 4.69) is 29.9 Å². The lowest BCUT2D eigenvalue weighted by Gasteiger charge is -2.36. The number of alkyl halides is 4. The average molecular weight is 609 g/mol. The summed E-state index contributed by atoms with van der Waals surface area (Å²) in [4.78, 5) is 27.4. The quantitative estimate of drug-likeness (QED) is 0.0758. The molecule has 0 saturated carbocycles. The van der Waals surface area contributed by atoms with E-state index in [1.165, 1.54) is 17.7 Å². The minimum atomic E-state index is -4.26. The number of halogens is 4. The zero-order valence-corrected chi connectivity index (χ0v) is 23.9. The molecule has 2 aromatic heterocycles. The Labute approximate surface area is 252 Å². The fourth-order valence-electron chi connectivity index (χ4n) is 5.32. The van der Waals surface area contributed by atoms with E-state index in [1.807, 2.05) is 24.4 Å². The summed E-state index contributed by atoms with van der Waals surface area (Å²) in [7, 11) is 0. The number of hydrogen-bond acceptors (Lipinski definition) is 5. The van der Waals surface area contributed by atoms with Gasteiger partial charge in [0, 0.05) is 49.7 Å². The van der Waals surface area contributed by atoms with Crippen molar-refractivity contribution in [2.75, 3.05) is 49.5 Å². The Morgan fingerprint density at radius 2 is 1.91 bits per heavy atom. The zero-order valence-electron chi connectivity index (χ0n) is 23.9. The first-order valence-corrected chi connectivity index (χ1v) is 14.3. The molecule has 230 valence electrons. The SMILES string of the molecule is [C-]#[N+]c1ccc2[nH]cc(CCCCN3CCN(c4ncc(-c5cccc(OCC(F)(F)C(F)F)c5)cc4NC=O)CC3)c2c1. The molecule has 8 nitrogen and oxygen atoms in total. The number of aryl methyl sites for hydroxylation is 1. The molecule has 1 aliphatic rings. The van der Waals surface area contributed by atoms with Gasteiger partial charge in [0.2, 0.25) is 6.41 Å². The topological polar surface area (TPSA) is 77.8 Å². The highest BCUT2D eigenvalue weighted by atomic mass is 19.3. The van der Waals surface area contributed by atoms with Crippen molar-refractivity contribution in [3.05, 3.63) is 77.9 Å². The van der Waals surface area contributed by atoms with E-state index >= 15 is 0 Å². The van der Waals surface area contributed by atoms with Crippen LogP contribution in [-0.4, -0.2) is 73.0 Å². The number of pyridine rings is 1. The number of carbonyl (C=O) groups is 1. The summed E-state index contributed by atoms with van der Waals surface area (Å²) in [5.41, 5.74) is 4.59. The Balaban J connectivity index is 1.15. The number of ether oxygens (including phenoxy) is 1. The lowest BCUT2D eigenvalue weighted by molar-refractivity contribution is -0.148. The van der Waals surface area contributed by atoms with Crippen molar-refractivity contribution in [2.24, 2.45) is 0 Å². The number of hydrogen-bond donors (Lipinski definition) is 2. The van der Waals surface area contributed by atoms with Crippen LogP contribution in [0.15, 0.2) is 60.9 Å². The Hall–Kier alpha value is -4.63. The van der Waals surface area contributed by atoms with Crippen molar-refractivity contribution >= 4 is 34.5 Å². The van der Waals surface area contributed by atoms with E-state index in [9.17, 15) is 22.4 Å². The summed E-state index contributed by atoms with van der Waals surface area (Å²) in [5, 5.41) is 3.82. The molecular formula is C32H32F4N6O2. The highest BCUT2D eigenvalue weighted by molar-refractivity contribution is 5.86. The molecule has 44 heavy (non-hydrogen) atoms. The molecule has 0 radical (unpaired) electrons. The minimum Gasteiger partial charge on any atom is -0.487 e. The van der Waals surface area contributed by atoms with Crippen LogP contribution in [0.3, 0.4) is 0 Å². The van der Waals surface area contributed by atoms with Gasteiger partial charge in [-0.05, 0) is 72.7 Å². The van der Waals surface area contributed by atoms with Crippen LogP contribution in [0.4, 0.5) is 34.8 Å². The molecule has 2 aromatic carbocycles. The third kappa shape index (κ3) is 7.29. The van der Waals surface area contributed by atoms with Crippen LogP contribution in [0.25, 0.3) is 26.9 Å². The van der Waals surface area contributed by atoms with Gasteiger partial charge in [0.15, 0.2) is 18.1 Å². The molecule has 0 bridgehead atoms. The van der Waals surface area contributed by atoms with Crippen molar-refractivity contribution < 1.29 is 27.1 Å². The number of nitrogens with one attached hydrogen (secondary N) is 2. The van der Waals surface area contributed by atoms with Gasteiger partial charge < -0.3 is 19.9 Å². The molecule has 1 amide bonds. The zero-order chi connectivity index (χ0) is 31.1. The Bertz CT molecular complexity index is 1630. The van der Waals surface area contributed by atoms with Crippen molar-refractivity contribution in [3.63, 3.8) is 0 Å². The molecule has 0 aliphatic carbocycles. The highest BCUT2D eigenvalue weighted by Gasteiger charge is 2.41. The Kier molecular flexibility index (Phi) is 9.65. The molecular weight excluding hydrogens is 576 g/mol. The van der Waals surface area contributed by atoms with E-state index in [1.54, 1.807) is 24.4 Å². The van der Waals surface area contributed by atoms with Crippen molar-refractivity contribution in [3.8, 4) is 16.9 Å². The number of piperazine rings is 1. The van der Waals surface area contributed by atoms with Crippen molar-refractivity contribution in [2.45, 2.75) is 31.6 Å². The first kappa shape index (κ1) is 30.8. The molecule has 1 aliphatic heterocycles. The smallest absolute Gasteiger partial charge is 0.340 e. The second-order valence-electron chi connectivity index (χ2n) is 10.7.